The minimum absolute atomic E-state index is 0.220. The predicted molar refractivity (Wildman–Crippen MR) is 94.0 cm³/mol. The number of hydrogen-bond acceptors (Lipinski definition) is 4. The molecule has 130 valence electrons. The molecule has 0 aliphatic carbocycles. The van der Waals surface area contributed by atoms with Crippen LogP contribution in [0.15, 0.2) is 29.2 Å². The van der Waals surface area contributed by atoms with Crippen molar-refractivity contribution in [2.75, 3.05) is 34.2 Å². The lowest BCUT2D eigenvalue weighted by Gasteiger charge is -2.21. The second-order valence-electron chi connectivity index (χ2n) is 6.60. The van der Waals surface area contributed by atoms with Crippen molar-refractivity contribution < 1.29 is 8.42 Å². The van der Waals surface area contributed by atoms with Crippen molar-refractivity contribution in [3.8, 4) is 0 Å². The van der Waals surface area contributed by atoms with Gasteiger partial charge in [-0.1, -0.05) is 12.1 Å². The van der Waals surface area contributed by atoms with E-state index in [2.05, 4.69) is 24.2 Å². The van der Waals surface area contributed by atoms with E-state index in [1.54, 1.807) is 26.2 Å². The van der Waals surface area contributed by atoms with E-state index < -0.39 is 10.0 Å². The first-order valence-electron chi connectivity index (χ1n) is 8.28. The lowest BCUT2D eigenvalue weighted by molar-refractivity contribution is 0.291. The molecule has 0 bridgehead atoms. The summed E-state index contributed by atoms with van der Waals surface area (Å²) in [5.41, 5.74) is 1.11. The summed E-state index contributed by atoms with van der Waals surface area (Å²) in [4.78, 5) is 2.78. The van der Waals surface area contributed by atoms with Gasteiger partial charge >= 0.3 is 0 Å². The summed E-state index contributed by atoms with van der Waals surface area (Å²) in [5.74, 6) is 0. The van der Waals surface area contributed by atoms with Crippen molar-refractivity contribution in [1.82, 2.24) is 14.5 Å². The van der Waals surface area contributed by atoms with Crippen LogP contribution in [0.3, 0.4) is 0 Å². The highest BCUT2D eigenvalue weighted by Gasteiger charge is 2.20. The van der Waals surface area contributed by atoms with Crippen molar-refractivity contribution in [1.29, 1.82) is 0 Å². The van der Waals surface area contributed by atoms with Crippen LogP contribution in [0.5, 0.6) is 0 Å². The number of sulfonamides is 1. The van der Waals surface area contributed by atoms with Gasteiger partial charge in [0.05, 0.1) is 4.90 Å². The molecule has 0 saturated carbocycles. The maximum absolute atomic E-state index is 12.1. The van der Waals surface area contributed by atoms with Gasteiger partial charge in [-0.05, 0) is 64.0 Å². The third-order valence-electron chi connectivity index (χ3n) is 4.76. The maximum Gasteiger partial charge on any atom is 0.242 e. The highest BCUT2D eigenvalue weighted by molar-refractivity contribution is 7.89. The van der Waals surface area contributed by atoms with Gasteiger partial charge in [-0.3, -0.25) is 0 Å². The van der Waals surface area contributed by atoms with E-state index in [4.69, 9.17) is 0 Å². The van der Waals surface area contributed by atoms with Gasteiger partial charge in [0.2, 0.25) is 10.0 Å². The fourth-order valence-electron chi connectivity index (χ4n) is 3.07. The first kappa shape index (κ1) is 18.4. The number of rotatable bonds is 7. The summed E-state index contributed by atoms with van der Waals surface area (Å²) < 4.78 is 25.4. The summed E-state index contributed by atoms with van der Waals surface area (Å²) in [7, 11) is 1.95. The van der Waals surface area contributed by atoms with Crippen molar-refractivity contribution >= 4 is 10.0 Å². The summed E-state index contributed by atoms with van der Waals surface area (Å²) in [5, 5.41) is 3.54. The predicted octanol–water partition coefficient (Wildman–Crippen LogP) is 2.07. The molecule has 0 unspecified atom stereocenters. The maximum atomic E-state index is 12.1. The summed E-state index contributed by atoms with van der Waals surface area (Å²) in [6.45, 7) is 4.31. The number of likely N-dealkylation sites (tertiary alicyclic amines) is 1. The Balaban J connectivity index is 1.89. The lowest BCUT2D eigenvalue weighted by Crippen LogP contribution is -2.30. The third-order valence-corrected chi connectivity index (χ3v) is 6.59. The van der Waals surface area contributed by atoms with Crippen LogP contribution in [0.2, 0.25) is 0 Å². The largest absolute Gasteiger partial charge is 0.310 e. The van der Waals surface area contributed by atoms with Gasteiger partial charge in [0.1, 0.15) is 0 Å². The minimum Gasteiger partial charge on any atom is -0.310 e. The normalized spacial score (nSPS) is 21.0. The molecule has 1 N–H and O–H groups in total. The molecular formula is C17H29N3O2S. The van der Waals surface area contributed by atoms with Crippen LogP contribution >= 0.6 is 0 Å². The van der Waals surface area contributed by atoms with Gasteiger partial charge in [-0.2, -0.15) is 0 Å². The van der Waals surface area contributed by atoms with E-state index in [0.717, 1.165) is 18.5 Å². The van der Waals surface area contributed by atoms with E-state index >= 15 is 0 Å². The Morgan fingerprint density at radius 3 is 2.48 bits per heavy atom. The van der Waals surface area contributed by atoms with E-state index in [1.165, 1.54) is 23.7 Å². The fraction of sp³-hybridized carbons (Fsp3) is 0.647. The quantitative estimate of drug-likeness (QED) is 0.826. The highest BCUT2D eigenvalue weighted by atomic mass is 32.2. The summed E-state index contributed by atoms with van der Waals surface area (Å²) in [6, 6.07) is 8.09. The van der Waals surface area contributed by atoms with Crippen LogP contribution in [0.1, 0.15) is 37.8 Å². The standard InChI is InChI=1S/C17H29N3O2S/c1-14(18-12-11-16-6-5-13-20(16)4)15-7-9-17(10-8-15)23(21,22)19(2)3/h7-10,14,16,18H,5-6,11-13H2,1-4H3/t14-,16-/m0/s1. The van der Waals surface area contributed by atoms with E-state index in [9.17, 15) is 8.42 Å². The zero-order valence-corrected chi connectivity index (χ0v) is 15.4. The van der Waals surface area contributed by atoms with Crippen LogP contribution in [-0.2, 0) is 10.0 Å². The monoisotopic (exact) mass is 339 g/mol. The molecular weight excluding hydrogens is 310 g/mol. The Morgan fingerprint density at radius 1 is 1.30 bits per heavy atom. The molecule has 2 rings (SSSR count). The molecule has 5 nitrogen and oxygen atoms in total. The molecule has 1 aliphatic rings. The first-order chi connectivity index (χ1) is 10.8. The van der Waals surface area contributed by atoms with Gasteiger partial charge in [-0.25, -0.2) is 12.7 Å². The Hall–Kier alpha value is -0.950. The average Bonchev–Trinajstić information content (AvgIpc) is 2.92. The van der Waals surface area contributed by atoms with Gasteiger partial charge in [0, 0.05) is 26.2 Å². The number of nitrogens with zero attached hydrogens (tertiary/aromatic N) is 2. The van der Waals surface area contributed by atoms with Gasteiger partial charge in [0.15, 0.2) is 0 Å². The van der Waals surface area contributed by atoms with Gasteiger partial charge in [-0.15, -0.1) is 0 Å². The molecule has 0 aromatic heterocycles. The second-order valence-corrected chi connectivity index (χ2v) is 8.75. The molecule has 0 spiro atoms. The van der Waals surface area contributed by atoms with E-state index in [0.29, 0.717) is 10.9 Å². The van der Waals surface area contributed by atoms with E-state index in [1.807, 2.05) is 12.1 Å². The number of hydrogen-bond donors (Lipinski definition) is 1. The molecule has 6 heteroatoms. The molecule has 1 saturated heterocycles. The fourth-order valence-corrected chi connectivity index (χ4v) is 3.97. The Morgan fingerprint density at radius 2 is 1.96 bits per heavy atom. The Kier molecular flexibility index (Phi) is 6.19. The lowest BCUT2D eigenvalue weighted by atomic mass is 10.1. The topological polar surface area (TPSA) is 52.7 Å². The number of benzene rings is 1. The minimum atomic E-state index is -3.35. The molecule has 2 atom stereocenters. The van der Waals surface area contributed by atoms with Crippen molar-refractivity contribution in [2.45, 2.75) is 43.2 Å². The van der Waals surface area contributed by atoms with Crippen molar-refractivity contribution in [3.05, 3.63) is 29.8 Å². The zero-order valence-electron chi connectivity index (χ0n) is 14.6. The Labute approximate surface area is 140 Å². The SMILES string of the molecule is C[C@H](NCC[C@@H]1CCCN1C)c1ccc(S(=O)(=O)N(C)C)cc1. The van der Waals surface area contributed by atoms with Gasteiger partial charge < -0.3 is 10.2 Å². The first-order valence-corrected chi connectivity index (χ1v) is 9.72. The molecule has 0 amide bonds. The molecule has 1 aromatic rings. The van der Waals surface area contributed by atoms with Crippen LogP contribution in [0.25, 0.3) is 0 Å². The smallest absolute Gasteiger partial charge is 0.242 e. The molecule has 1 aromatic carbocycles. The Bertz CT molecular complexity index is 599. The molecule has 1 aliphatic heterocycles. The van der Waals surface area contributed by atoms with Crippen LogP contribution in [0, 0.1) is 0 Å². The van der Waals surface area contributed by atoms with Gasteiger partial charge in [0.25, 0.3) is 0 Å². The summed E-state index contributed by atoms with van der Waals surface area (Å²) >= 11 is 0. The van der Waals surface area contributed by atoms with Crippen molar-refractivity contribution in [2.24, 2.45) is 0 Å². The molecule has 0 radical (unpaired) electrons. The molecule has 1 heterocycles. The van der Waals surface area contributed by atoms with Crippen molar-refractivity contribution in [3.63, 3.8) is 0 Å². The van der Waals surface area contributed by atoms with Crippen LogP contribution in [-0.4, -0.2) is 57.9 Å². The number of nitrogens with one attached hydrogen (secondary N) is 1. The van der Waals surface area contributed by atoms with Crippen LogP contribution in [0.4, 0.5) is 0 Å². The highest BCUT2D eigenvalue weighted by Crippen LogP contribution is 2.20. The van der Waals surface area contributed by atoms with Crippen LogP contribution < -0.4 is 5.32 Å². The third kappa shape index (κ3) is 4.53. The van der Waals surface area contributed by atoms with E-state index in [-0.39, 0.29) is 6.04 Å². The summed E-state index contributed by atoms with van der Waals surface area (Å²) in [6.07, 6.45) is 3.76. The zero-order chi connectivity index (χ0) is 17.0. The molecule has 1 fully saturated rings. The second kappa shape index (κ2) is 7.75. The molecule has 23 heavy (non-hydrogen) atoms. The average molecular weight is 340 g/mol.